The van der Waals surface area contributed by atoms with Gasteiger partial charge in [0.15, 0.2) is 0 Å². The lowest BCUT2D eigenvalue weighted by atomic mass is 10.0. The van der Waals surface area contributed by atoms with Gasteiger partial charge in [-0.25, -0.2) is 8.42 Å². The second-order valence-corrected chi connectivity index (χ2v) is 7.26. The van der Waals surface area contributed by atoms with Crippen molar-refractivity contribution in [2.45, 2.75) is 37.1 Å². The number of rotatable bonds is 3. The summed E-state index contributed by atoms with van der Waals surface area (Å²) in [4.78, 5) is 0.399. The summed E-state index contributed by atoms with van der Waals surface area (Å²) in [6, 6.07) is 8.86. The molecule has 0 spiro atoms. The third-order valence-electron chi connectivity index (χ3n) is 4.02. The van der Waals surface area contributed by atoms with Crippen LogP contribution in [0, 0.1) is 6.92 Å². The van der Waals surface area contributed by atoms with E-state index in [4.69, 9.17) is 0 Å². The minimum Gasteiger partial charge on any atom is -0.281 e. The van der Waals surface area contributed by atoms with Gasteiger partial charge in [0, 0.05) is 12.7 Å². The van der Waals surface area contributed by atoms with Gasteiger partial charge < -0.3 is 0 Å². The summed E-state index contributed by atoms with van der Waals surface area (Å²) < 4.78 is 27.6. The van der Waals surface area contributed by atoms with Gasteiger partial charge in [0.2, 0.25) is 10.0 Å². The van der Waals surface area contributed by atoms with Crippen LogP contribution >= 0.6 is 0 Å². The average Bonchev–Trinajstić information content (AvgIpc) is 3.01. The van der Waals surface area contributed by atoms with Crippen LogP contribution in [-0.4, -0.2) is 29.5 Å². The third-order valence-corrected chi connectivity index (χ3v) is 6.08. The lowest BCUT2D eigenvalue weighted by molar-refractivity contribution is 0.251. The SMILES string of the molecule is Cc1ccccc1S(=O)(=O)N1CCCCC1c1ccn[nH]1. The number of H-pyrrole nitrogens is 1. The first-order valence-corrected chi connectivity index (χ1v) is 8.61. The molecule has 0 amide bonds. The summed E-state index contributed by atoms with van der Waals surface area (Å²) >= 11 is 0. The highest BCUT2D eigenvalue weighted by atomic mass is 32.2. The largest absolute Gasteiger partial charge is 0.281 e. The van der Waals surface area contributed by atoms with Crippen molar-refractivity contribution in [3.05, 3.63) is 47.8 Å². The smallest absolute Gasteiger partial charge is 0.243 e. The number of nitrogens with one attached hydrogen (secondary N) is 1. The fourth-order valence-corrected chi connectivity index (χ4v) is 4.83. The molecule has 1 saturated heterocycles. The predicted octanol–water partition coefficient (Wildman–Crippen LogP) is 2.63. The van der Waals surface area contributed by atoms with Crippen molar-refractivity contribution in [1.82, 2.24) is 14.5 Å². The predicted molar refractivity (Wildman–Crippen MR) is 80.3 cm³/mol. The zero-order valence-corrected chi connectivity index (χ0v) is 12.8. The third kappa shape index (κ3) is 2.61. The van der Waals surface area contributed by atoms with E-state index in [0.717, 1.165) is 30.5 Å². The molecule has 1 N–H and O–H groups in total. The van der Waals surface area contributed by atoms with Crippen LogP contribution in [0.1, 0.15) is 36.6 Å². The van der Waals surface area contributed by atoms with Gasteiger partial charge in [0.1, 0.15) is 0 Å². The van der Waals surface area contributed by atoms with Crippen molar-refractivity contribution >= 4 is 10.0 Å². The van der Waals surface area contributed by atoms with Gasteiger partial charge in [-0.1, -0.05) is 24.6 Å². The maximum atomic E-state index is 13.0. The molecule has 1 unspecified atom stereocenters. The van der Waals surface area contributed by atoms with Crippen LogP contribution in [0.4, 0.5) is 0 Å². The summed E-state index contributed by atoms with van der Waals surface area (Å²) in [6.07, 6.45) is 4.43. The van der Waals surface area contributed by atoms with E-state index in [1.54, 1.807) is 22.6 Å². The first-order chi connectivity index (χ1) is 10.1. The molecule has 1 aliphatic heterocycles. The Bertz CT molecular complexity index is 710. The molecule has 0 aliphatic carbocycles. The van der Waals surface area contributed by atoms with Crippen LogP contribution in [0.5, 0.6) is 0 Å². The van der Waals surface area contributed by atoms with Crippen molar-refractivity contribution in [3.8, 4) is 0 Å². The molecule has 2 aromatic rings. The number of aryl methyl sites for hydroxylation is 1. The van der Waals surface area contributed by atoms with Gasteiger partial charge in [0.25, 0.3) is 0 Å². The molecule has 1 aromatic heterocycles. The fourth-order valence-electron chi connectivity index (χ4n) is 2.93. The summed E-state index contributed by atoms with van der Waals surface area (Å²) in [6.45, 7) is 2.39. The summed E-state index contributed by atoms with van der Waals surface area (Å²) in [7, 11) is -3.48. The van der Waals surface area contributed by atoms with E-state index in [1.807, 2.05) is 25.1 Å². The van der Waals surface area contributed by atoms with Crippen molar-refractivity contribution in [2.75, 3.05) is 6.54 Å². The number of aromatic nitrogens is 2. The molecule has 6 heteroatoms. The zero-order valence-electron chi connectivity index (χ0n) is 12.0. The number of benzene rings is 1. The highest BCUT2D eigenvalue weighted by molar-refractivity contribution is 7.89. The van der Waals surface area contributed by atoms with Crippen LogP contribution in [0.2, 0.25) is 0 Å². The maximum Gasteiger partial charge on any atom is 0.243 e. The average molecular weight is 305 g/mol. The molecule has 0 bridgehead atoms. The van der Waals surface area contributed by atoms with Crippen LogP contribution < -0.4 is 0 Å². The van der Waals surface area contributed by atoms with Gasteiger partial charge in [-0.05, 0) is 37.5 Å². The minimum atomic E-state index is -3.48. The number of piperidine rings is 1. The van der Waals surface area contributed by atoms with Crippen molar-refractivity contribution in [1.29, 1.82) is 0 Å². The Labute approximate surface area is 125 Å². The van der Waals surface area contributed by atoms with E-state index in [-0.39, 0.29) is 6.04 Å². The second kappa shape index (κ2) is 5.61. The van der Waals surface area contributed by atoms with Crippen LogP contribution in [0.25, 0.3) is 0 Å². The molecule has 0 saturated carbocycles. The summed E-state index contributed by atoms with van der Waals surface area (Å²) in [5.41, 5.74) is 1.65. The highest BCUT2D eigenvalue weighted by Crippen LogP contribution is 2.35. The van der Waals surface area contributed by atoms with Gasteiger partial charge in [-0.15, -0.1) is 0 Å². The Morgan fingerprint density at radius 2 is 2.05 bits per heavy atom. The minimum absolute atomic E-state index is 0.147. The number of nitrogens with zero attached hydrogens (tertiary/aromatic N) is 2. The lowest BCUT2D eigenvalue weighted by Crippen LogP contribution is -2.38. The normalized spacial score (nSPS) is 20.5. The molecule has 0 radical (unpaired) electrons. The van der Waals surface area contributed by atoms with Crippen molar-refractivity contribution < 1.29 is 8.42 Å². The van der Waals surface area contributed by atoms with E-state index in [9.17, 15) is 8.42 Å². The summed E-state index contributed by atoms with van der Waals surface area (Å²) in [5.74, 6) is 0. The maximum absolute atomic E-state index is 13.0. The molecule has 3 rings (SSSR count). The number of hydrogen-bond acceptors (Lipinski definition) is 3. The summed E-state index contributed by atoms with van der Waals surface area (Å²) in [5, 5.41) is 6.88. The van der Waals surface area contributed by atoms with E-state index in [2.05, 4.69) is 10.2 Å². The molecule has 1 aromatic carbocycles. The van der Waals surface area contributed by atoms with Gasteiger partial charge in [-0.2, -0.15) is 9.40 Å². The second-order valence-electron chi connectivity index (χ2n) is 5.40. The van der Waals surface area contributed by atoms with Crippen LogP contribution in [0.15, 0.2) is 41.4 Å². The van der Waals surface area contributed by atoms with Crippen molar-refractivity contribution in [2.24, 2.45) is 0 Å². The molecule has 1 aliphatic rings. The van der Waals surface area contributed by atoms with Crippen LogP contribution in [-0.2, 0) is 10.0 Å². The Kier molecular flexibility index (Phi) is 3.82. The topological polar surface area (TPSA) is 66.1 Å². The molecular weight excluding hydrogens is 286 g/mol. The Morgan fingerprint density at radius 3 is 2.76 bits per heavy atom. The van der Waals surface area contributed by atoms with E-state index >= 15 is 0 Å². The standard InChI is InChI=1S/C15H19N3O2S/c1-12-6-2-3-8-15(12)21(19,20)18-11-5-4-7-14(18)13-9-10-16-17-13/h2-3,6,8-10,14H,4-5,7,11H2,1H3,(H,16,17). The van der Waals surface area contributed by atoms with Gasteiger partial charge in [0.05, 0.1) is 16.6 Å². The van der Waals surface area contributed by atoms with E-state index in [0.29, 0.717) is 11.4 Å². The van der Waals surface area contributed by atoms with Crippen molar-refractivity contribution in [3.63, 3.8) is 0 Å². The quantitative estimate of drug-likeness (QED) is 0.948. The Morgan fingerprint density at radius 1 is 1.24 bits per heavy atom. The highest BCUT2D eigenvalue weighted by Gasteiger charge is 2.35. The Hall–Kier alpha value is -1.66. The lowest BCUT2D eigenvalue weighted by Gasteiger charge is -2.34. The number of aromatic amines is 1. The van der Waals surface area contributed by atoms with E-state index < -0.39 is 10.0 Å². The number of sulfonamides is 1. The molecule has 1 fully saturated rings. The molecule has 2 heterocycles. The van der Waals surface area contributed by atoms with Gasteiger partial charge >= 0.3 is 0 Å². The molecule has 21 heavy (non-hydrogen) atoms. The monoisotopic (exact) mass is 305 g/mol. The Balaban J connectivity index is 2.02. The molecule has 5 nitrogen and oxygen atoms in total. The molecule has 1 atom stereocenters. The fraction of sp³-hybridized carbons (Fsp3) is 0.400. The zero-order chi connectivity index (χ0) is 14.9. The first-order valence-electron chi connectivity index (χ1n) is 7.17. The molecular formula is C15H19N3O2S. The number of hydrogen-bond donors (Lipinski definition) is 1. The van der Waals surface area contributed by atoms with Crippen LogP contribution in [0.3, 0.4) is 0 Å². The first kappa shape index (κ1) is 14.3. The van der Waals surface area contributed by atoms with E-state index in [1.165, 1.54) is 0 Å². The van der Waals surface area contributed by atoms with Gasteiger partial charge in [-0.3, -0.25) is 5.10 Å². The molecule has 112 valence electrons.